The van der Waals surface area contributed by atoms with Crippen LogP contribution < -0.4 is 18.9 Å². The maximum absolute atomic E-state index is 13.7. The number of hydrogen-bond acceptors (Lipinski definition) is 6. The van der Waals surface area contributed by atoms with Crippen LogP contribution in [0.2, 0.25) is 0 Å². The van der Waals surface area contributed by atoms with Crippen LogP contribution in [0.1, 0.15) is 22.8 Å². The minimum atomic E-state index is -2.36. The standard InChI is InChI=1S/C28H18F5NO6/c1-3-34-11-13(17-9-14(37-2)5-7-18(17)34)8-20-27(36)16-6-4-15(10-19(16)40-20)39-21(35)12-38-28-25(32)23(30)22(29)24(31)26(28)33/h4-11H,3,12H2,1-2H3/b20-8-. The summed E-state index contributed by atoms with van der Waals surface area (Å²) < 4.78 is 89.9. The molecular weight excluding hydrogens is 541 g/mol. The van der Waals surface area contributed by atoms with Crippen LogP contribution in [-0.4, -0.2) is 30.0 Å². The van der Waals surface area contributed by atoms with Gasteiger partial charge in [-0.1, -0.05) is 0 Å². The van der Waals surface area contributed by atoms with Crippen LogP contribution in [0.25, 0.3) is 17.0 Å². The molecule has 0 fully saturated rings. The highest BCUT2D eigenvalue weighted by atomic mass is 19.2. The topological polar surface area (TPSA) is 76.0 Å². The zero-order valence-electron chi connectivity index (χ0n) is 20.8. The third-order valence-electron chi connectivity index (χ3n) is 6.12. The Labute approximate surface area is 222 Å². The van der Waals surface area contributed by atoms with Crippen molar-refractivity contribution in [1.82, 2.24) is 4.57 Å². The molecule has 1 aliphatic heterocycles. The lowest BCUT2D eigenvalue weighted by atomic mass is 10.1. The molecule has 12 heteroatoms. The van der Waals surface area contributed by atoms with Gasteiger partial charge < -0.3 is 23.5 Å². The van der Waals surface area contributed by atoms with E-state index in [1.165, 1.54) is 18.2 Å². The lowest BCUT2D eigenvalue weighted by Gasteiger charge is -2.10. The monoisotopic (exact) mass is 559 g/mol. The summed E-state index contributed by atoms with van der Waals surface area (Å²) in [7, 11) is 1.55. The maximum Gasteiger partial charge on any atom is 0.349 e. The summed E-state index contributed by atoms with van der Waals surface area (Å²) in [6.45, 7) is 1.49. The summed E-state index contributed by atoms with van der Waals surface area (Å²) in [5.41, 5.74) is 1.84. The number of fused-ring (bicyclic) bond motifs is 2. The average Bonchev–Trinajstić information content (AvgIpc) is 3.46. The summed E-state index contributed by atoms with van der Waals surface area (Å²) in [6.07, 6.45) is 3.45. The van der Waals surface area contributed by atoms with E-state index in [4.69, 9.17) is 14.2 Å². The van der Waals surface area contributed by atoms with E-state index in [0.29, 0.717) is 17.9 Å². The largest absolute Gasteiger partial charge is 0.497 e. The van der Waals surface area contributed by atoms with Gasteiger partial charge >= 0.3 is 5.97 Å². The number of aromatic nitrogens is 1. The van der Waals surface area contributed by atoms with Crippen LogP contribution in [0.4, 0.5) is 22.0 Å². The molecule has 0 aliphatic carbocycles. The fourth-order valence-electron chi connectivity index (χ4n) is 4.18. The molecule has 0 radical (unpaired) electrons. The van der Waals surface area contributed by atoms with Gasteiger partial charge in [-0.3, -0.25) is 4.79 Å². The SMILES string of the molecule is CCn1cc(/C=C2\Oc3cc(OC(=O)COc4c(F)c(F)c(F)c(F)c4F)ccc3C2=O)c2cc(OC)ccc21. The number of ketones is 1. The van der Waals surface area contributed by atoms with E-state index < -0.39 is 53.2 Å². The number of benzene rings is 3. The van der Waals surface area contributed by atoms with Gasteiger partial charge in [0.05, 0.1) is 12.7 Å². The Hall–Kier alpha value is -4.87. The molecule has 1 aliphatic rings. The first-order valence-corrected chi connectivity index (χ1v) is 11.7. The van der Waals surface area contributed by atoms with E-state index >= 15 is 0 Å². The van der Waals surface area contributed by atoms with Crippen molar-refractivity contribution in [3.05, 3.63) is 88.6 Å². The third-order valence-corrected chi connectivity index (χ3v) is 6.12. The summed E-state index contributed by atoms with van der Waals surface area (Å²) in [4.78, 5) is 25.1. The first-order chi connectivity index (χ1) is 19.1. The summed E-state index contributed by atoms with van der Waals surface area (Å²) in [5, 5.41) is 0.837. The Morgan fingerprint density at radius 3 is 2.30 bits per heavy atom. The number of halogens is 5. The van der Waals surface area contributed by atoms with E-state index in [9.17, 15) is 31.5 Å². The van der Waals surface area contributed by atoms with Crippen molar-refractivity contribution in [2.45, 2.75) is 13.5 Å². The van der Waals surface area contributed by atoms with Crippen LogP contribution in [0.15, 0.2) is 48.4 Å². The van der Waals surface area contributed by atoms with E-state index in [-0.39, 0.29) is 22.8 Å². The molecule has 4 aromatic rings. The van der Waals surface area contributed by atoms with Crippen molar-refractivity contribution in [3.8, 4) is 23.0 Å². The third kappa shape index (κ3) is 4.61. The van der Waals surface area contributed by atoms with Gasteiger partial charge in [0.15, 0.2) is 18.1 Å². The number of carbonyl (C=O) groups excluding carboxylic acids is 2. The molecule has 0 bridgehead atoms. The molecule has 0 saturated carbocycles. The fraction of sp³-hybridized carbons (Fsp3) is 0.143. The predicted octanol–water partition coefficient (Wildman–Crippen LogP) is 5.97. The zero-order chi connectivity index (χ0) is 28.7. The van der Waals surface area contributed by atoms with Crippen molar-refractivity contribution < 1.29 is 50.5 Å². The number of hydrogen-bond donors (Lipinski definition) is 0. The van der Waals surface area contributed by atoms with Gasteiger partial charge in [-0.05, 0) is 43.3 Å². The molecule has 7 nitrogen and oxygen atoms in total. The van der Waals surface area contributed by atoms with Gasteiger partial charge in [-0.2, -0.15) is 8.78 Å². The fourth-order valence-corrected chi connectivity index (χ4v) is 4.18. The second-order valence-electron chi connectivity index (χ2n) is 8.51. The van der Waals surface area contributed by atoms with Crippen LogP contribution in [0, 0.1) is 29.1 Å². The number of ether oxygens (including phenoxy) is 4. The molecule has 5 rings (SSSR count). The van der Waals surface area contributed by atoms with E-state index in [2.05, 4.69) is 4.74 Å². The smallest absolute Gasteiger partial charge is 0.349 e. The Morgan fingerprint density at radius 2 is 1.62 bits per heavy atom. The van der Waals surface area contributed by atoms with Crippen LogP contribution in [0.3, 0.4) is 0 Å². The van der Waals surface area contributed by atoms with Gasteiger partial charge in [0.25, 0.3) is 0 Å². The highest BCUT2D eigenvalue weighted by Gasteiger charge is 2.30. The van der Waals surface area contributed by atoms with E-state index in [0.717, 1.165) is 10.9 Å². The molecule has 0 N–H and O–H groups in total. The Balaban J connectivity index is 1.33. The molecule has 0 atom stereocenters. The van der Waals surface area contributed by atoms with E-state index in [1.54, 1.807) is 13.2 Å². The summed E-state index contributed by atoms with van der Waals surface area (Å²) in [5.74, 6) is -13.9. The minimum absolute atomic E-state index is 0.0195. The number of esters is 1. The number of carbonyl (C=O) groups is 2. The molecule has 1 aromatic heterocycles. The van der Waals surface area contributed by atoms with Crippen molar-refractivity contribution in [3.63, 3.8) is 0 Å². The number of Topliss-reactive ketones (excluding diaryl/α,β-unsaturated/α-hetero) is 1. The van der Waals surface area contributed by atoms with Gasteiger partial charge in [0.1, 0.15) is 17.2 Å². The molecule has 3 aromatic carbocycles. The molecule has 2 heterocycles. The second-order valence-corrected chi connectivity index (χ2v) is 8.51. The quantitative estimate of drug-likeness (QED) is 0.0694. The number of methoxy groups -OCH3 is 1. The lowest BCUT2D eigenvalue weighted by Crippen LogP contribution is -2.19. The first-order valence-electron chi connectivity index (χ1n) is 11.7. The van der Waals surface area contributed by atoms with Gasteiger partial charge in [-0.25, -0.2) is 18.0 Å². The van der Waals surface area contributed by atoms with Gasteiger partial charge in [0.2, 0.25) is 34.9 Å². The van der Waals surface area contributed by atoms with Crippen molar-refractivity contribution in [2.24, 2.45) is 0 Å². The van der Waals surface area contributed by atoms with Crippen molar-refractivity contribution >= 4 is 28.7 Å². The Morgan fingerprint density at radius 1 is 0.950 bits per heavy atom. The number of aryl methyl sites for hydroxylation is 1. The molecule has 0 spiro atoms. The van der Waals surface area contributed by atoms with Crippen molar-refractivity contribution in [2.75, 3.05) is 13.7 Å². The molecule has 0 saturated heterocycles. The molecule has 206 valence electrons. The predicted molar refractivity (Wildman–Crippen MR) is 131 cm³/mol. The zero-order valence-corrected chi connectivity index (χ0v) is 20.8. The lowest BCUT2D eigenvalue weighted by molar-refractivity contribution is -0.136. The van der Waals surface area contributed by atoms with Gasteiger partial charge in [0, 0.05) is 35.3 Å². The van der Waals surface area contributed by atoms with Gasteiger partial charge in [-0.15, -0.1) is 0 Å². The number of allylic oxidation sites excluding steroid dienone is 1. The normalized spacial score (nSPS) is 13.5. The van der Waals surface area contributed by atoms with E-state index in [1.807, 2.05) is 35.9 Å². The maximum atomic E-state index is 13.7. The first kappa shape index (κ1) is 26.7. The second kappa shape index (κ2) is 10.4. The number of nitrogens with zero attached hydrogens (tertiary/aromatic N) is 1. The highest BCUT2D eigenvalue weighted by Crippen LogP contribution is 2.36. The average molecular weight is 559 g/mol. The Bertz CT molecular complexity index is 1700. The Kier molecular flexibility index (Phi) is 6.92. The molecular formula is C28H18F5NO6. The highest BCUT2D eigenvalue weighted by molar-refractivity contribution is 6.15. The molecule has 40 heavy (non-hydrogen) atoms. The summed E-state index contributed by atoms with van der Waals surface area (Å²) >= 11 is 0. The molecule has 0 unspecified atom stereocenters. The van der Waals surface area contributed by atoms with Crippen LogP contribution in [0.5, 0.6) is 23.0 Å². The minimum Gasteiger partial charge on any atom is -0.497 e. The van der Waals surface area contributed by atoms with Crippen LogP contribution in [-0.2, 0) is 11.3 Å². The number of rotatable bonds is 7. The van der Waals surface area contributed by atoms with Crippen molar-refractivity contribution in [1.29, 1.82) is 0 Å². The van der Waals surface area contributed by atoms with Crippen LogP contribution >= 0.6 is 0 Å². The summed E-state index contributed by atoms with van der Waals surface area (Å²) in [6, 6.07) is 9.43. The molecule has 0 amide bonds.